The molecule has 2 rings (SSSR count). The molecule has 0 aromatic heterocycles. The van der Waals surface area contributed by atoms with E-state index in [1.54, 1.807) is 0 Å². The van der Waals surface area contributed by atoms with E-state index in [2.05, 4.69) is 0 Å². The number of carboxylic acid groups (broad SMARTS) is 1. The average Bonchev–Trinajstić information content (AvgIpc) is 3.10. The van der Waals surface area contributed by atoms with Crippen molar-refractivity contribution in [3.8, 4) is 0 Å². The number of amides is 1. The van der Waals surface area contributed by atoms with Gasteiger partial charge in [-0.3, -0.25) is 4.79 Å². The first-order valence-electron chi connectivity index (χ1n) is 7.78. The molecule has 1 amide bonds. The Labute approximate surface area is 150 Å². The van der Waals surface area contributed by atoms with Gasteiger partial charge < -0.3 is 10.0 Å². The fourth-order valence-corrected chi connectivity index (χ4v) is 3.83. The molecule has 0 aliphatic carbocycles. The van der Waals surface area contributed by atoms with Crippen LogP contribution in [0.15, 0.2) is 0 Å². The lowest BCUT2D eigenvalue weighted by Crippen LogP contribution is -2.43. The van der Waals surface area contributed by atoms with Crippen molar-refractivity contribution in [1.29, 1.82) is 0 Å². The summed E-state index contributed by atoms with van der Waals surface area (Å²) in [4.78, 5) is 24.7. The normalized spacial score (nSPS) is 18.2. The molecule has 1 saturated heterocycles. The molecule has 1 aromatic rings. The number of nitrogens with zero attached hydrogens (tertiary/aromatic N) is 1. The smallest absolute Gasteiger partial charge is 0.326 e. The van der Waals surface area contributed by atoms with Crippen molar-refractivity contribution >= 4 is 23.6 Å². The van der Waals surface area contributed by atoms with Crippen molar-refractivity contribution in [1.82, 2.24) is 4.90 Å². The van der Waals surface area contributed by atoms with E-state index in [1.807, 2.05) is 0 Å². The maximum Gasteiger partial charge on any atom is 0.326 e. The van der Waals surface area contributed by atoms with E-state index in [0.717, 1.165) is 11.8 Å². The Kier molecular flexibility index (Phi) is 6.48. The number of hydrogen-bond acceptors (Lipinski definition) is 3. The Morgan fingerprint density at radius 1 is 1.12 bits per heavy atom. The third-order valence-corrected chi connectivity index (χ3v) is 5.39. The second-order valence-electron chi connectivity index (χ2n) is 5.99. The number of likely N-dealkylation sites (tertiary alicyclic amines) is 1. The van der Waals surface area contributed by atoms with Crippen LogP contribution in [-0.2, 0) is 15.3 Å². The molecule has 10 heteroatoms. The zero-order valence-electron chi connectivity index (χ0n) is 13.7. The topological polar surface area (TPSA) is 57.6 Å². The van der Waals surface area contributed by atoms with Gasteiger partial charge in [-0.1, -0.05) is 6.92 Å². The molecule has 1 N–H and O–H groups in total. The van der Waals surface area contributed by atoms with Crippen molar-refractivity contribution in [2.45, 2.75) is 31.6 Å². The van der Waals surface area contributed by atoms with E-state index in [9.17, 15) is 31.5 Å². The second kappa shape index (κ2) is 8.24. The number of rotatable bonds is 6. The van der Waals surface area contributed by atoms with Gasteiger partial charge in [0.1, 0.15) is 6.04 Å². The molecule has 0 spiro atoms. The van der Waals surface area contributed by atoms with Gasteiger partial charge in [0, 0.05) is 29.5 Å². The molecule has 1 aliphatic heterocycles. The number of carboxylic acids is 1. The van der Waals surface area contributed by atoms with E-state index < -0.39 is 64.2 Å². The predicted octanol–water partition coefficient (Wildman–Crippen LogP) is 3.33. The summed E-state index contributed by atoms with van der Waals surface area (Å²) in [5.74, 6) is -12.7. The molecule has 2 atom stereocenters. The highest BCUT2D eigenvalue weighted by atomic mass is 32.2. The highest BCUT2D eigenvalue weighted by Crippen LogP contribution is 2.28. The number of carbonyl (C=O) groups excluding carboxylic acids is 1. The van der Waals surface area contributed by atoms with Crippen molar-refractivity contribution in [2.75, 3.05) is 12.3 Å². The number of hydrogen-bond donors (Lipinski definition) is 1. The Hall–Kier alpha value is -1.84. The number of benzene rings is 1. The summed E-state index contributed by atoms with van der Waals surface area (Å²) in [7, 11) is 0. The van der Waals surface area contributed by atoms with E-state index in [-0.39, 0.29) is 5.75 Å². The molecule has 0 unspecified atom stereocenters. The number of halogens is 5. The van der Waals surface area contributed by atoms with Crippen LogP contribution >= 0.6 is 11.8 Å². The minimum atomic E-state index is -2.22. The van der Waals surface area contributed by atoms with Crippen molar-refractivity contribution < 1.29 is 36.6 Å². The van der Waals surface area contributed by atoms with Crippen LogP contribution in [0.3, 0.4) is 0 Å². The molecule has 1 fully saturated rings. The highest BCUT2D eigenvalue weighted by Gasteiger charge is 2.35. The summed E-state index contributed by atoms with van der Waals surface area (Å²) in [5, 5.41) is 9.09. The summed E-state index contributed by atoms with van der Waals surface area (Å²) < 4.78 is 66.5. The van der Waals surface area contributed by atoms with Crippen molar-refractivity contribution in [3.05, 3.63) is 34.6 Å². The van der Waals surface area contributed by atoms with Gasteiger partial charge in [0.15, 0.2) is 23.3 Å². The maximum atomic E-state index is 13.6. The van der Waals surface area contributed by atoms with Gasteiger partial charge in [-0.05, 0) is 12.8 Å². The summed E-state index contributed by atoms with van der Waals surface area (Å²) in [6.45, 7) is 1.83. The van der Waals surface area contributed by atoms with Gasteiger partial charge >= 0.3 is 5.97 Å². The zero-order chi connectivity index (χ0) is 19.6. The monoisotopic (exact) mass is 397 g/mol. The summed E-state index contributed by atoms with van der Waals surface area (Å²) in [6.07, 6.45) is 0.915. The van der Waals surface area contributed by atoms with Gasteiger partial charge in [-0.25, -0.2) is 26.7 Å². The van der Waals surface area contributed by atoms with Gasteiger partial charge in [0.2, 0.25) is 11.7 Å². The van der Waals surface area contributed by atoms with Gasteiger partial charge in [0.25, 0.3) is 0 Å². The molecule has 0 radical (unpaired) electrons. The van der Waals surface area contributed by atoms with Crippen LogP contribution in [0.2, 0.25) is 0 Å². The summed E-state index contributed by atoms with van der Waals surface area (Å²) in [5.41, 5.74) is -0.948. The Morgan fingerprint density at radius 2 is 1.65 bits per heavy atom. The van der Waals surface area contributed by atoms with E-state index in [0.29, 0.717) is 19.4 Å². The van der Waals surface area contributed by atoms with E-state index in [1.165, 1.54) is 11.8 Å². The van der Waals surface area contributed by atoms with Crippen LogP contribution in [0.1, 0.15) is 25.3 Å². The number of carbonyl (C=O) groups is 2. The fourth-order valence-electron chi connectivity index (χ4n) is 2.76. The highest BCUT2D eigenvalue weighted by molar-refractivity contribution is 7.98. The van der Waals surface area contributed by atoms with Crippen LogP contribution in [0.25, 0.3) is 0 Å². The fraction of sp³-hybridized carbons (Fsp3) is 0.500. The predicted molar refractivity (Wildman–Crippen MR) is 83.9 cm³/mol. The lowest BCUT2D eigenvalue weighted by Gasteiger charge is -2.24. The lowest BCUT2D eigenvalue weighted by molar-refractivity contribution is -0.149. The van der Waals surface area contributed by atoms with Crippen LogP contribution in [-0.4, -0.2) is 40.2 Å². The molecular weight excluding hydrogens is 381 g/mol. The van der Waals surface area contributed by atoms with Gasteiger partial charge in [-0.2, -0.15) is 11.8 Å². The molecule has 4 nitrogen and oxygen atoms in total. The molecule has 1 aliphatic rings. The Bertz CT molecular complexity index is 701. The van der Waals surface area contributed by atoms with E-state index >= 15 is 0 Å². The first-order chi connectivity index (χ1) is 12.2. The first kappa shape index (κ1) is 20.5. The summed E-state index contributed by atoms with van der Waals surface area (Å²) in [6, 6.07) is -0.898. The second-order valence-corrected chi connectivity index (χ2v) is 7.02. The third kappa shape index (κ3) is 3.94. The van der Waals surface area contributed by atoms with Gasteiger partial charge in [0.05, 0.1) is 0 Å². The largest absolute Gasteiger partial charge is 0.480 e. The average molecular weight is 397 g/mol. The Balaban J connectivity index is 2.00. The SMILES string of the molecule is C[C@H](CSCc1c(F)c(F)c(F)c(F)c1F)C(=O)N1CCC[C@H]1C(=O)O. The molecule has 26 heavy (non-hydrogen) atoms. The standard InChI is InChI=1S/C16H16F5NO3S/c1-7(15(23)22-4-2-3-9(22)16(24)25)5-26-6-8-10(17)12(19)14(21)13(20)11(8)18/h7,9H,2-6H2,1H3,(H,24,25)/t7-,9+/m1/s1. The quantitative estimate of drug-likeness (QED) is 0.455. The zero-order valence-corrected chi connectivity index (χ0v) is 14.5. The van der Waals surface area contributed by atoms with Crippen molar-refractivity contribution in [3.63, 3.8) is 0 Å². The third-order valence-electron chi connectivity index (χ3n) is 4.16. The van der Waals surface area contributed by atoms with Crippen LogP contribution < -0.4 is 0 Å². The van der Waals surface area contributed by atoms with Gasteiger partial charge in [-0.15, -0.1) is 0 Å². The van der Waals surface area contributed by atoms with E-state index in [4.69, 9.17) is 5.11 Å². The molecular formula is C16H16F5NO3S. The maximum absolute atomic E-state index is 13.6. The minimum Gasteiger partial charge on any atom is -0.480 e. The lowest BCUT2D eigenvalue weighted by atomic mass is 10.1. The number of thioether (sulfide) groups is 1. The van der Waals surface area contributed by atoms with Crippen LogP contribution in [0.4, 0.5) is 22.0 Å². The number of aliphatic carboxylic acids is 1. The molecule has 0 saturated carbocycles. The Morgan fingerprint density at radius 3 is 2.19 bits per heavy atom. The van der Waals surface area contributed by atoms with Crippen molar-refractivity contribution in [2.24, 2.45) is 5.92 Å². The first-order valence-corrected chi connectivity index (χ1v) is 8.93. The van der Waals surface area contributed by atoms with Crippen LogP contribution in [0.5, 0.6) is 0 Å². The molecule has 0 bridgehead atoms. The van der Waals surface area contributed by atoms with Crippen LogP contribution in [0, 0.1) is 35.0 Å². The molecule has 1 aromatic carbocycles. The summed E-state index contributed by atoms with van der Waals surface area (Å²) >= 11 is 0.832. The minimum absolute atomic E-state index is 0.0428. The molecule has 1 heterocycles. The molecule has 144 valence electrons.